The van der Waals surface area contributed by atoms with Crippen molar-refractivity contribution < 1.29 is 0 Å². The second-order valence-corrected chi connectivity index (χ2v) is 5.34. The molecule has 0 aliphatic heterocycles. The summed E-state index contributed by atoms with van der Waals surface area (Å²) < 4.78 is 0. The van der Waals surface area contributed by atoms with Gasteiger partial charge in [-0.15, -0.1) is 11.3 Å². The summed E-state index contributed by atoms with van der Waals surface area (Å²) in [6.07, 6.45) is 1.08. The first-order chi connectivity index (χ1) is 8.22. The fourth-order valence-corrected chi connectivity index (χ4v) is 2.88. The Labute approximate surface area is 108 Å². The average molecular weight is 245 g/mol. The maximum Gasteiger partial charge on any atom is 0.0497 e. The number of nitrogens with one attached hydrogen (secondary N) is 1. The molecule has 0 spiro atoms. The lowest BCUT2D eigenvalue weighted by Gasteiger charge is -2.13. The summed E-state index contributed by atoms with van der Waals surface area (Å²) in [7, 11) is 0. The van der Waals surface area contributed by atoms with Crippen LogP contribution in [-0.4, -0.2) is 0 Å². The van der Waals surface area contributed by atoms with E-state index in [1.165, 1.54) is 27.3 Å². The topological polar surface area (TPSA) is 12.0 Å². The number of rotatable bonds is 4. The van der Waals surface area contributed by atoms with Crippen LogP contribution in [0, 0.1) is 13.8 Å². The molecule has 0 aliphatic rings. The lowest BCUT2D eigenvalue weighted by molar-refractivity contribution is 1.09. The zero-order valence-corrected chi connectivity index (χ0v) is 11.5. The summed E-state index contributed by atoms with van der Waals surface area (Å²) in [5, 5.41) is 5.74. The van der Waals surface area contributed by atoms with Gasteiger partial charge in [0.05, 0.1) is 0 Å². The monoisotopic (exact) mass is 245 g/mol. The van der Waals surface area contributed by atoms with E-state index >= 15 is 0 Å². The second kappa shape index (κ2) is 5.37. The van der Waals surface area contributed by atoms with E-state index in [1.807, 2.05) is 11.3 Å². The number of aryl methyl sites for hydroxylation is 3. The van der Waals surface area contributed by atoms with Crippen molar-refractivity contribution in [1.82, 2.24) is 0 Å². The van der Waals surface area contributed by atoms with Crippen LogP contribution in [0.2, 0.25) is 0 Å². The highest BCUT2D eigenvalue weighted by atomic mass is 32.1. The summed E-state index contributed by atoms with van der Waals surface area (Å²) in [6, 6.07) is 8.69. The highest BCUT2D eigenvalue weighted by Crippen LogP contribution is 2.23. The normalized spacial score (nSPS) is 10.5. The third-order valence-electron chi connectivity index (χ3n) is 3.13. The van der Waals surface area contributed by atoms with Gasteiger partial charge in [0.2, 0.25) is 0 Å². The van der Waals surface area contributed by atoms with Gasteiger partial charge in [-0.25, -0.2) is 0 Å². The minimum Gasteiger partial charge on any atom is -0.380 e. The van der Waals surface area contributed by atoms with Gasteiger partial charge >= 0.3 is 0 Å². The molecule has 0 bridgehead atoms. The molecular formula is C15H19NS. The number of hydrogen-bond donors (Lipinski definition) is 1. The Kier molecular flexibility index (Phi) is 3.85. The van der Waals surface area contributed by atoms with Crippen molar-refractivity contribution in [3.63, 3.8) is 0 Å². The first-order valence-electron chi connectivity index (χ1n) is 6.07. The molecule has 2 heteroatoms. The molecule has 90 valence electrons. The van der Waals surface area contributed by atoms with Crippen molar-refractivity contribution in [2.24, 2.45) is 0 Å². The second-order valence-electron chi connectivity index (χ2n) is 4.34. The maximum atomic E-state index is 3.59. The fourth-order valence-electron chi connectivity index (χ4n) is 2.03. The van der Waals surface area contributed by atoms with Crippen molar-refractivity contribution in [2.45, 2.75) is 33.7 Å². The van der Waals surface area contributed by atoms with Crippen LogP contribution in [0.3, 0.4) is 0 Å². The Bertz CT molecular complexity index is 499. The molecule has 1 heterocycles. The van der Waals surface area contributed by atoms with Crippen LogP contribution < -0.4 is 5.32 Å². The largest absolute Gasteiger partial charge is 0.380 e. The summed E-state index contributed by atoms with van der Waals surface area (Å²) in [5.74, 6) is 0. The molecule has 1 aromatic carbocycles. The summed E-state index contributed by atoms with van der Waals surface area (Å²) in [6.45, 7) is 7.48. The molecule has 0 saturated heterocycles. The first-order valence-corrected chi connectivity index (χ1v) is 6.95. The number of para-hydroxylation sites is 1. The summed E-state index contributed by atoms with van der Waals surface area (Å²) in [4.78, 5) is 1.43. The fraction of sp³-hybridized carbons (Fsp3) is 0.333. The van der Waals surface area contributed by atoms with Crippen molar-refractivity contribution in [3.05, 3.63) is 51.2 Å². The lowest BCUT2D eigenvalue weighted by Crippen LogP contribution is -2.03. The Morgan fingerprint density at radius 3 is 2.59 bits per heavy atom. The molecule has 0 saturated carbocycles. The number of anilines is 1. The van der Waals surface area contributed by atoms with Crippen molar-refractivity contribution in [2.75, 3.05) is 5.32 Å². The standard InChI is InChI=1S/C15H19NS/c1-4-13-7-5-6-12(3)15(13)16-10-14-11(2)8-9-17-14/h5-9,16H,4,10H2,1-3H3. The average Bonchev–Trinajstić information content (AvgIpc) is 2.73. The van der Waals surface area contributed by atoms with Crippen LogP contribution in [0.5, 0.6) is 0 Å². The minimum atomic E-state index is 0.932. The van der Waals surface area contributed by atoms with Crippen LogP contribution in [0.25, 0.3) is 0 Å². The molecular weight excluding hydrogens is 226 g/mol. The van der Waals surface area contributed by atoms with Gasteiger partial charge in [-0.1, -0.05) is 25.1 Å². The molecule has 1 aromatic heterocycles. The van der Waals surface area contributed by atoms with Crippen LogP contribution in [-0.2, 0) is 13.0 Å². The van der Waals surface area contributed by atoms with Gasteiger partial charge in [0, 0.05) is 17.1 Å². The van der Waals surface area contributed by atoms with Crippen LogP contribution in [0.1, 0.15) is 28.5 Å². The zero-order chi connectivity index (χ0) is 12.3. The summed E-state index contributed by atoms with van der Waals surface area (Å²) in [5.41, 5.74) is 5.43. The van der Waals surface area contributed by atoms with E-state index in [9.17, 15) is 0 Å². The van der Waals surface area contributed by atoms with Crippen LogP contribution >= 0.6 is 11.3 Å². The minimum absolute atomic E-state index is 0.932. The predicted octanol–water partition coefficient (Wildman–Crippen LogP) is 4.54. The Morgan fingerprint density at radius 2 is 1.94 bits per heavy atom. The van der Waals surface area contributed by atoms with Crippen molar-refractivity contribution in [3.8, 4) is 0 Å². The Morgan fingerprint density at radius 1 is 1.12 bits per heavy atom. The van der Waals surface area contributed by atoms with Crippen molar-refractivity contribution in [1.29, 1.82) is 0 Å². The zero-order valence-electron chi connectivity index (χ0n) is 10.7. The van der Waals surface area contributed by atoms with Gasteiger partial charge in [-0.05, 0) is 48.4 Å². The van der Waals surface area contributed by atoms with Gasteiger partial charge in [0.25, 0.3) is 0 Å². The first kappa shape index (κ1) is 12.2. The van der Waals surface area contributed by atoms with Crippen LogP contribution in [0.4, 0.5) is 5.69 Å². The third-order valence-corrected chi connectivity index (χ3v) is 4.16. The van der Waals surface area contributed by atoms with E-state index in [2.05, 4.69) is 55.7 Å². The van der Waals surface area contributed by atoms with E-state index < -0.39 is 0 Å². The smallest absolute Gasteiger partial charge is 0.0497 e. The van der Waals surface area contributed by atoms with E-state index in [-0.39, 0.29) is 0 Å². The van der Waals surface area contributed by atoms with Gasteiger partial charge in [0.1, 0.15) is 0 Å². The molecule has 0 aliphatic carbocycles. The van der Waals surface area contributed by atoms with E-state index in [1.54, 1.807) is 0 Å². The van der Waals surface area contributed by atoms with Gasteiger partial charge in [-0.2, -0.15) is 0 Å². The Balaban J connectivity index is 2.16. The molecule has 17 heavy (non-hydrogen) atoms. The molecule has 0 amide bonds. The Hall–Kier alpha value is -1.28. The van der Waals surface area contributed by atoms with E-state index in [0.29, 0.717) is 0 Å². The molecule has 0 unspecified atom stereocenters. The van der Waals surface area contributed by atoms with E-state index in [0.717, 1.165) is 13.0 Å². The quantitative estimate of drug-likeness (QED) is 0.834. The number of benzene rings is 1. The lowest BCUT2D eigenvalue weighted by atomic mass is 10.1. The molecule has 2 aromatic rings. The molecule has 0 fully saturated rings. The summed E-state index contributed by atoms with van der Waals surface area (Å²) >= 11 is 1.83. The molecule has 1 N–H and O–H groups in total. The molecule has 0 atom stereocenters. The molecule has 0 radical (unpaired) electrons. The van der Waals surface area contributed by atoms with E-state index in [4.69, 9.17) is 0 Å². The van der Waals surface area contributed by atoms with Gasteiger partial charge < -0.3 is 5.32 Å². The highest BCUT2D eigenvalue weighted by molar-refractivity contribution is 7.10. The van der Waals surface area contributed by atoms with Crippen molar-refractivity contribution >= 4 is 17.0 Å². The predicted molar refractivity (Wildman–Crippen MR) is 76.9 cm³/mol. The number of hydrogen-bond acceptors (Lipinski definition) is 2. The third kappa shape index (κ3) is 2.70. The molecule has 1 nitrogen and oxygen atoms in total. The SMILES string of the molecule is CCc1cccc(C)c1NCc1sccc1C. The van der Waals surface area contributed by atoms with Gasteiger partial charge in [-0.3, -0.25) is 0 Å². The highest BCUT2D eigenvalue weighted by Gasteiger charge is 2.05. The number of thiophene rings is 1. The molecule has 2 rings (SSSR count). The maximum absolute atomic E-state index is 3.59. The van der Waals surface area contributed by atoms with Crippen LogP contribution in [0.15, 0.2) is 29.6 Å². The van der Waals surface area contributed by atoms with Gasteiger partial charge in [0.15, 0.2) is 0 Å².